The van der Waals surface area contributed by atoms with Gasteiger partial charge in [0.2, 0.25) is 10.0 Å². The Balaban J connectivity index is 3.13. The minimum atomic E-state index is -3.47. The Morgan fingerprint density at radius 2 is 1.81 bits per heavy atom. The van der Waals surface area contributed by atoms with Crippen molar-refractivity contribution in [1.29, 1.82) is 0 Å². The monoisotopic (exact) mass is 315 g/mol. The molecule has 1 aromatic heterocycles. The lowest BCUT2D eigenvalue weighted by Crippen LogP contribution is -2.35. The molecule has 0 aliphatic carbocycles. The number of nitrogens with two attached hydrogens (primary N) is 1. The molecule has 21 heavy (non-hydrogen) atoms. The van der Waals surface area contributed by atoms with Crippen LogP contribution in [-0.4, -0.2) is 30.4 Å². The van der Waals surface area contributed by atoms with Crippen molar-refractivity contribution in [3.63, 3.8) is 0 Å². The Labute approximate surface area is 129 Å². The first kappa shape index (κ1) is 18.2. The highest BCUT2D eigenvalue weighted by atomic mass is 32.2. The fourth-order valence-corrected chi connectivity index (χ4v) is 3.94. The molecule has 0 saturated heterocycles. The second-order valence-electron chi connectivity index (χ2n) is 6.37. The molecule has 1 heterocycles. The molecule has 5 nitrogen and oxygen atoms in total. The van der Waals surface area contributed by atoms with Crippen LogP contribution in [0.15, 0.2) is 17.2 Å². The highest BCUT2D eigenvalue weighted by Crippen LogP contribution is 2.24. The van der Waals surface area contributed by atoms with Gasteiger partial charge >= 0.3 is 0 Å². The van der Waals surface area contributed by atoms with E-state index in [1.54, 1.807) is 19.3 Å². The summed E-state index contributed by atoms with van der Waals surface area (Å²) in [7, 11) is -1.82. The van der Waals surface area contributed by atoms with E-state index in [0.29, 0.717) is 17.4 Å². The normalized spacial score (nSPS) is 14.4. The second-order valence-corrected chi connectivity index (χ2v) is 8.37. The van der Waals surface area contributed by atoms with Crippen LogP contribution >= 0.6 is 0 Å². The Morgan fingerprint density at radius 3 is 2.19 bits per heavy atom. The molecule has 0 aliphatic rings. The van der Waals surface area contributed by atoms with Gasteiger partial charge in [0.05, 0.1) is 0 Å². The number of sulfonamides is 1. The first-order chi connectivity index (χ1) is 9.61. The summed E-state index contributed by atoms with van der Waals surface area (Å²) in [6, 6.07) is 1.85. The van der Waals surface area contributed by atoms with Gasteiger partial charge in [-0.05, 0) is 39.2 Å². The quantitative estimate of drug-likeness (QED) is 0.841. The van der Waals surface area contributed by atoms with Crippen LogP contribution in [0.25, 0.3) is 0 Å². The van der Waals surface area contributed by atoms with Crippen LogP contribution in [0, 0.1) is 5.92 Å². The number of hydrogen-bond donors (Lipinski definition) is 1. The first-order valence-electron chi connectivity index (χ1n) is 7.50. The summed E-state index contributed by atoms with van der Waals surface area (Å²) in [6.07, 6.45) is 2.53. The molecular formula is C15H29N3O2S. The third-order valence-electron chi connectivity index (χ3n) is 3.78. The summed E-state index contributed by atoms with van der Waals surface area (Å²) in [5.74, 6) is 0.456. The lowest BCUT2D eigenvalue weighted by molar-refractivity contribution is 0.338. The minimum absolute atomic E-state index is 0.0290. The van der Waals surface area contributed by atoms with Crippen LogP contribution in [0.2, 0.25) is 0 Å². The highest BCUT2D eigenvalue weighted by molar-refractivity contribution is 7.89. The van der Waals surface area contributed by atoms with Crippen molar-refractivity contribution in [1.82, 2.24) is 8.87 Å². The molecule has 0 bridgehead atoms. The molecule has 0 saturated carbocycles. The predicted octanol–water partition coefficient (Wildman–Crippen LogP) is 2.58. The van der Waals surface area contributed by atoms with E-state index in [2.05, 4.69) is 13.8 Å². The number of aromatic nitrogens is 1. The van der Waals surface area contributed by atoms with Crippen molar-refractivity contribution in [2.45, 2.75) is 64.6 Å². The van der Waals surface area contributed by atoms with Gasteiger partial charge in [-0.1, -0.05) is 13.8 Å². The van der Waals surface area contributed by atoms with Crippen LogP contribution in [0.4, 0.5) is 0 Å². The Morgan fingerprint density at radius 1 is 1.24 bits per heavy atom. The largest absolute Gasteiger partial charge is 0.346 e. The number of hydrogen-bond acceptors (Lipinski definition) is 3. The van der Waals surface area contributed by atoms with Crippen molar-refractivity contribution >= 4 is 10.0 Å². The SMILES string of the molecule is CC(C)CC(C)N(C)S(=O)(=O)c1cc(CN)n(C(C)C)c1. The molecule has 1 atom stereocenters. The minimum Gasteiger partial charge on any atom is -0.346 e. The Kier molecular flexibility index (Phi) is 6.01. The van der Waals surface area contributed by atoms with Crippen molar-refractivity contribution < 1.29 is 8.42 Å². The fourth-order valence-electron chi connectivity index (χ4n) is 2.52. The predicted molar refractivity (Wildman–Crippen MR) is 86.6 cm³/mol. The maximum Gasteiger partial charge on any atom is 0.244 e. The topological polar surface area (TPSA) is 68.3 Å². The zero-order valence-electron chi connectivity index (χ0n) is 14.0. The average Bonchev–Trinajstić information content (AvgIpc) is 2.81. The van der Waals surface area contributed by atoms with Gasteiger partial charge < -0.3 is 10.3 Å². The van der Waals surface area contributed by atoms with Crippen molar-refractivity contribution in [3.8, 4) is 0 Å². The molecule has 1 aromatic rings. The molecule has 0 aliphatic heterocycles. The number of rotatable bonds is 7. The zero-order chi connectivity index (χ0) is 16.4. The first-order valence-corrected chi connectivity index (χ1v) is 8.94. The van der Waals surface area contributed by atoms with Gasteiger partial charge in [-0.15, -0.1) is 0 Å². The van der Waals surface area contributed by atoms with E-state index in [4.69, 9.17) is 5.73 Å². The van der Waals surface area contributed by atoms with E-state index in [1.807, 2.05) is 25.3 Å². The van der Waals surface area contributed by atoms with Crippen molar-refractivity contribution in [2.24, 2.45) is 11.7 Å². The van der Waals surface area contributed by atoms with Gasteiger partial charge in [-0.25, -0.2) is 8.42 Å². The molecule has 6 heteroatoms. The van der Waals surface area contributed by atoms with Gasteiger partial charge in [0.25, 0.3) is 0 Å². The van der Waals surface area contributed by atoms with Gasteiger partial charge in [-0.3, -0.25) is 0 Å². The van der Waals surface area contributed by atoms with Gasteiger partial charge in [0.1, 0.15) is 4.90 Å². The second kappa shape index (κ2) is 6.94. The smallest absolute Gasteiger partial charge is 0.244 e. The maximum atomic E-state index is 12.7. The zero-order valence-corrected chi connectivity index (χ0v) is 14.8. The van der Waals surface area contributed by atoms with Crippen LogP contribution in [0.5, 0.6) is 0 Å². The van der Waals surface area contributed by atoms with Gasteiger partial charge in [0.15, 0.2) is 0 Å². The van der Waals surface area contributed by atoms with E-state index in [9.17, 15) is 8.42 Å². The number of nitrogens with zero attached hydrogens (tertiary/aromatic N) is 2. The van der Waals surface area contributed by atoms with Gasteiger partial charge in [-0.2, -0.15) is 4.31 Å². The molecular weight excluding hydrogens is 286 g/mol. The summed E-state index contributed by atoms with van der Waals surface area (Å²) in [4.78, 5) is 0.328. The molecule has 0 aromatic carbocycles. The third kappa shape index (κ3) is 4.08. The summed E-state index contributed by atoms with van der Waals surface area (Å²) >= 11 is 0. The molecule has 1 unspecified atom stereocenters. The highest BCUT2D eigenvalue weighted by Gasteiger charge is 2.27. The molecule has 0 spiro atoms. The van der Waals surface area contributed by atoms with Crippen LogP contribution < -0.4 is 5.73 Å². The van der Waals surface area contributed by atoms with Crippen LogP contribution in [0.1, 0.15) is 52.8 Å². The Hall–Kier alpha value is -0.850. The molecule has 2 N–H and O–H groups in total. The van der Waals surface area contributed by atoms with E-state index in [1.165, 1.54) is 4.31 Å². The fraction of sp³-hybridized carbons (Fsp3) is 0.733. The average molecular weight is 315 g/mol. The van der Waals surface area contributed by atoms with Crippen LogP contribution in [-0.2, 0) is 16.6 Å². The third-order valence-corrected chi connectivity index (χ3v) is 5.72. The van der Waals surface area contributed by atoms with E-state index in [0.717, 1.165) is 12.1 Å². The molecule has 0 amide bonds. The van der Waals surface area contributed by atoms with E-state index in [-0.39, 0.29) is 12.1 Å². The van der Waals surface area contributed by atoms with E-state index < -0.39 is 10.0 Å². The summed E-state index contributed by atoms with van der Waals surface area (Å²) < 4.78 is 28.9. The summed E-state index contributed by atoms with van der Waals surface area (Å²) in [6.45, 7) is 10.5. The van der Waals surface area contributed by atoms with Crippen LogP contribution in [0.3, 0.4) is 0 Å². The molecule has 1 rings (SSSR count). The van der Waals surface area contributed by atoms with Crippen molar-refractivity contribution in [2.75, 3.05) is 7.05 Å². The summed E-state index contributed by atoms with van der Waals surface area (Å²) in [5, 5.41) is 0. The molecule has 0 radical (unpaired) electrons. The standard InChI is InChI=1S/C15H29N3O2S/c1-11(2)7-13(5)17(6)21(19,20)15-8-14(9-16)18(10-15)12(3)4/h8,10-13H,7,9,16H2,1-6H3. The van der Waals surface area contributed by atoms with Gasteiger partial charge in [0, 0.05) is 37.6 Å². The summed E-state index contributed by atoms with van der Waals surface area (Å²) in [5.41, 5.74) is 6.56. The lowest BCUT2D eigenvalue weighted by Gasteiger charge is -2.25. The maximum absolute atomic E-state index is 12.7. The Bertz CT molecular complexity index is 561. The van der Waals surface area contributed by atoms with E-state index >= 15 is 0 Å². The van der Waals surface area contributed by atoms with Crippen molar-refractivity contribution in [3.05, 3.63) is 18.0 Å². The lowest BCUT2D eigenvalue weighted by atomic mass is 10.1. The molecule has 122 valence electrons. The molecule has 0 fully saturated rings.